The Morgan fingerprint density at radius 2 is 1.63 bits per heavy atom. The van der Waals surface area contributed by atoms with Crippen molar-refractivity contribution in [2.24, 2.45) is 11.8 Å². The van der Waals surface area contributed by atoms with Crippen molar-refractivity contribution in [3.63, 3.8) is 0 Å². The fraction of sp³-hybridized carbons (Fsp3) is 0.409. The largest absolute Gasteiger partial charge is 0.354 e. The van der Waals surface area contributed by atoms with Gasteiger partial charge in [0, 0.05) is 43.5 Å². The van der Waals surface area contributed by atoms with Crippen LogP contribution in [0.15, 0.2) is 36.7 Å². The highest BCUT2D eigenvalue weighted by molar-refractivity contribution is 14.2. The average Bonchev–Trinajstić information content (AvgIpc) is 3.45. The molecule has 1 aromatic carbocycles. The van der Waals surface area contributed by atoms with Crippen LogP contribution in [0.2, 0.25) is 0 Å². The summed E-state index contributed by atoms with van der Waals surface area (Å²) in [5.41, 5.74) is 7.00. The molecule has 4 heterocycles. The Bertz CT molecular complexity index is 1050. The van der Waals surface area contributed by atoms with E-state index in [9.17, 15) is 0 Å². The Hall–Kier alpha value is -1.57. The molecule has 2 aliphatic rings. The first-order valence-corrected chi connectivity index (χ1v) is 14.4. The molecule has 0 aliphatic carbocycles. The molecule has 0 amide bonds. The second-order valence-electron chi connectivity index (χ2n) is 8.59. The second kappa shape index (κ2) is 8.17. The van der Waals surface area contributed by atoms with Crippen molar-refractivity contribution in [2.45, 2.75) is 13.8 Å². The number of rotatable bonds is 4. The molecule has 0 saturated carbocycles. The van der Waals surface area contributed by atoms with E-state index in [1.807, 2.05) is 10.6 Å². The minimum Gasteiger partial charge on any atom is -0.354 e. The van der Waals surface area contributed by atoms with Crippen LogP contribution in [0, 0.1) is 25.7 Å². The summed E-state index contributed by atoms with van der Waals surface area (Å²) in [6.45, 7) is 8.96. The molecule has 0 N–H and O–H groups in total. The highest BCUT2D eigenvalue weighted by Crippen LogP contribution is 2.35. The average molecular weight is 532 g/mol. The first kappa shape index (κ1) is 20.3. The summed E-state index contributed by atoms with van der Waals surface area (Å²) in [4.78, 5) is 4.86. The maximum absolute atomic E-state index is 4.61. The number of hydrogen-bond donors (Lipinski definition) is 0. The van der Waals surface area contributed by atoms with Crippen molar-refractivity contribution < 1.29 is 0 Å². The van der Waals surface area contributed by atoms with Gasteiger partial charge < -0.3 is 9.80 Å². The van der Waals surface area contributed by atoms with Crippen molar-refractivity contribution in [1.29, 1.82) is 0 Å². The predicted octanol–water partition coefficient (Wildman–Crippen LogP) is 4.41. The molecule has 3 aromatic rings. The van der Waals surface area contributed by atoms with Gasteiger partial charge in [-0.3, -0.25) is 0 Å². The van der Waals surface area contributed by atoms with Gasteiger partial charge in [-0.15, -0.1) is 10.2 Å². The first-order chi connectivity index (χ1) is 14.5. The van der Waals surface area contributed by atoms with Crippen LogP contribution in [0.1, 0.15) is 11.1 Å². The normalized spacial score (nSPS) is 21.8. The molecular weight excluding hydrogens is 506 g/mol. The van der Waals surface area contributed by atoms with E-state index in [1.54, 1.807) is 0 Å². The van der Waals surface area contributed by atoms with Gasteiger partial charge in [0.2, 0.25) is 0 Å². The lowest BCUT2D eigenvalue weighted by Gasteiger charge is -2.20. The van der Waals surface area contributed by atoms with E-state index in [0.717, 1.165) is 47.6 Å². The maximum atomic E-state index is 4.61. The number of anilines is 1. The van der Waals surface area contributed by atoms with E-state index in [2.05, 4.69) is 98.5 Å². The van der Waals surface area contributed by atoms with Crippen molar-refractivity contribution >= 4 is 34.2 Å². The van der Waals surface area contributed by atoms with E-state index in [1.165, 1.54) is 29.8 Å². The van der Waals surface area contributed by atoms with Gasteiger partial charge in [0.05, 0.1) is 18.3 Å². The smallest absolute Gasteiger partial charge is 0.151 e. The number of fused-ring (bicyclic) bond motifs is 1. The first-order valence-electron chi connectivity index (χ1n) is 10.3. The van der Waals surface area contributed by atoms with Gasteiger partial charge in [-0.1, -0.05) is 12.1 Å². The SMILES string of the molecule is Cc1c(-c2cnn(PI)c2)ccc(-c2ccc(N3CC4CN(C)CC4C3)nn2)c1C. The molecule has 3 unspecified atom stereocenters. The standard InChI is InChI=1S/C22H26IN6P/c1-14-15(2)20(5-4-19(14)16-8-24-29(13-16)30-23)21-6-7-22(26-25-21)28-11-17-9-27(3)10-18(17)12-28/h4-8,13,17-18,30H,9-12H2,1-3H3. The maximum Gasteiger partial charge on any atom is 0.151 e. The molecule has 2 fully saturated rings. The fourth-order valence-corrected chi connectivity index (χ4v) is 6.05. The van der Waals surface area contributed by atoms with Crippen LogP contribution in [-0.4, -0.2) is 57.9 Å². The predicted molar refractivity (Wildman–Crippen MR) is 133 cm³/mol. The van der Waals surface area contributed by atoms with E-state index in [0.29, 0.717) is 6.37 Å². The lowest BCUT2D eigenvalue weighted by Crippen LogP contribution is -2.27. The summed E-state index contributed by atoms with van der Waals surface area (Å²) in [5.74, 6) is 2.55. The Morgan fingerprint density at radius 1 is 0.933 bits per heavy atom. The Labute approximate surface area is 192 Å². The fourth-order valence-electron chi connectivity index (χ4n) is 4.97. The monoisotopic (exact) mass is 532 g/mol. The van der Waals surface area contributed by atoms with Gasteiger partial charge in [-0.25, -0.2) is 4.45 Å². The van der Waals surface area contributed by atoms with Crippen LogP contribution in [0.5, 0.6) is 0 Å². The molecular formula is C22H26IN6P. The quantitative estimate of drug-likeness (QED) is 0.368. The van der Waals surface area contributed by atoms with Crippen LogP contribution in [0.3, 0.4) is 0 Å². The molecule has 2 aliphatic heterocycles. The number of aromatic nitrogens is 4. The number of halogens is 1. The zero-order valence-corrected chi connectivity index (χ0v) is 20.7. The van der Waals surface area contributed by atoms with E-state index in [4.69, 9.17) is 0 Å². The van der Waals surface area contributed by atoms with Crippen LogP contribution >= 0.6 is 28.4 Å². The number of likely N-dealkylation sites (tertiary alicyclic amines) is 1. The molecule has 2 saturated heterocycles. The van der Waals surface area contributed by atoms with Gasteiger partial charge >= 0.3 is 0 Å². The summed E-state index contributed by atoms with van der Waals surface area (Å²) in [6.07, 6.45) is 4.68. The summed E-state index contributed by atoms with van der Waals surface area (Å²) in [5, 5.41) is 13.6. The Balaban J connectivity index is 1.37. The van der Waals surface area contributed by atoms with E-state index >= 15 is 0 Å². The molecule has 0 spiro atoms. The van der Waals surface area contributed by atoms with Gasteiger partial charge in [0.1, 0.15) is 0 Å². The third-order valence-electron chi connectivity index (χ3n) is 6.69. The molecule has 156 valence electrons. The topological polar surface area (TPSA) is 50.1 Å². The molecule has 30 heavy (non-hydrogen) atoms. The minimum atomic E-state index is 0.615. The van der Waals surface area contributed by atoms with Crippen LogP contribution in [0.4, 0.5) is 5.82 Å². The van der Waals surface area contributed by atoms with Crippen molar-refractivity contribution in [1.82, 2.24) is 24.6 Å². The lowest BCUT2D eigenvalue weighted by atomic mass is 9.93. The van der Waals surface area contributed by atoms with Crippen molar-refractivity contribution in [3.8, 4) is 22.4 Å². The molecule has 0 radical (unpaired) electrons. The number of nitrogens with zero attached hydrogens (tertiary/aromatic N) is 6. The third-order valence-corrected chi connectivity index (χ3v) is 8.59. The van der Waals surface area contributed by atoms with Crippen LogP contribution in [-0.2, 0) is 0 Å². The van der Waals surface area contributed by atoms with Crippen molar-refractivity contribution in [2.75, 3.05) is 38.1 Å². The molecule has 0 bridgehead atoms. The van der Waals surface area contributed by atoms with Gasteiger partial charge in [0.15, 0.2) is 5.82 Å². The zero-order valence-electron chi connectivity index (χ0n) is 17.5. The number of benzene rings is 1. The van der Waals surface area contributed by atoms with E-state index in [-0.39, 0.29) is 0 Å². The second-order valence-corrected chi connectivity index (χ2v) is 10.7. The van der Waals surface area contributed by atoms with Crippen LogP contribution in [0.25, 0.3) is 22.4 Å². The minimum absolute atomic E-state index is 0.615. The Morgan fingerprint density at radius 3 is 2.27 bits per heavy atom. The molecule has 8 heteroatoms. The highest BCUT2D eigenvalue weighted by Gasteiger charge is 2.39. The summed E-state index contributed by atoms with van der Waals surface area (Å²) < 4.78 is 1.98. The van der Waals surface area contributed by atoms with Crippen LogP contribution < -0.4 is 4.90 Å². The van der Waals surface area contributed by atoms with E-state index < -0.39 is 0 Å². The van der Waals surface area contributed by atoms with Gasteiger partial charge in [-0.2, -0.15) is 5.10 Å². The van der Waals surface area contributed by atoms with Gasteiger partial charge in [-0.05, 0) is 83.6 Å². The highest BCUT2D eigenvalue weighted by atomic mass is 127. The Kier molecular flexibility index (Phi) is 5.54. The third kappa shape index (κ3) is 3.65. The number of hydrogen-bond acceptors (Lipinski definition) is 5. The molecule has 2 aromatic heterocycles. The van der Waals surface area contributed by atoms with Gasteiger partial charge in [0.25, 0.3) is 0 Å². The molecule has 6 nitrogen and oxygen atoms in total. The molecule has 3 atom stereocenters. The summed E-state index contributed by atoms with van der Waals surface area (Å²) >= 11 is 2.35. The van der Waals surface area contributed by atoms with Crippen molar-refractivity contribution in [3.05, 3.63) is 47.8 Å². The lowest BCUT2D eigenvalue weighted by molar-refractivity contribution is 0.387. The summed E-state index contributed by atoms with van der Waals surface area (Å²) in [6, 6.07) is 8.62. The molecule has 5 rings (SSSR count). The summed E-state index contributed by atoms with van der Waals surface area (Å²) in [7, 11) is 2.22. The zero-order chi connectivity index (χ0) is 20.8.